The van der Waals surface area contributed by atoms with Crippen molar-refractivity contribution in [3.05, 3.63) is 21.3 Å². The van der Waals surface area contributed by atoms with Crippen molar-refractivity contribution in [3.8, 4) is 0 Å². The van der Waals surface area contributed by atoms with Crippen molar-refractivity contribution in [2.45, 2.75) is 38.5 Å². The molecule has 1 aliphatic heterocycles. The van der Waals surface area contributed by atoms with Gasteiger partial charge in [-0.3, -0.25) is 9.59 Å². The fourth-order valence-electron chi connectivity index (χ4n) is 3.53. The van der Waals surface area contributed by atoms with Gasteiger partial charge in [-0.2, -0.15) is 0 Å². The van der Waals surface area contributed by atoms with Crippen LogP contribution in [0.15, 0.2) is 12.1 Å². The van der Waals surface area contributed by atoms with Crippen LogP contribution in [0.2, 0.25) is 4.34 Å². The lowest BCUT2D eigenvalue weighted by atomic mass is 9.88. The first-order valence-electron chi connectivity index (χ1n) is 8.48. The number of amides is 2. The molecule has 1 aliphatic carbocycles. The molecule has 4 nitrogen and oxygen atoms in total. The summed E-state index contributed by atoms with van der Waals surface area (Å²) in [6.07, 6.45) is 6.53. The molecule has 0 atom stereocenters. The van der Waals surface area contributed by atoms with E-state index in [0.29, 0.717) is 34.8 Å². The van der Waals surface area contributed by atoms with Gasteiger partial charge in [-0.15, -0.1) is 11.3 Å². The van der Waals surface area contributed by atoms with Gasteiger partial charge in [-0.05, 0) is 31.4 Å². The first-order chi connectivity index (χ1) is 11.1. The number of halogens is 1. The lowest BCUT2D eigenvalue weighted by Crippen LogP contribution is -2.40. The summed E-state index contributed by atoms with van der Waals surface area (Å²) >= 11 is 7.24. The second-order valence-corrected chi connectivity index (χ2v) is 8.12. The molecule has 0 N–H and O–H groups in total. The van der Waals surface area contributed by atoms with Crippen molar-refractivity contribution in [1.82, 2.24) is 9.80 Å². The van der Waals surface area contributed by atoms with Crippen LogP contribution in [0.1, 0.15) is 48.2 Å². The van der Waals surface area contributed by atoms with E-state index in [4.69, 9.17) is 11.6 Å². The van der Waals surface area contributed by atoms with Gasteiger partial charge >= 0.3 is 0 Å². The van der Waals surface area contributed by atoms with Crippen molar-refractivity contribution in [2.75, 3.05) is 26.2 Å². The number of hydrogen-bond donors (Lipinski definition) is 0. The molecule has 23 heavy (non-hydrogen) atoms. The van der Waals surface area contributed by atoms with Gasteiger partial charge in [0.2, 0.25) is 5.91 Å². The lowest BCUT2D eigenvalue weighted by Gasteiger charge is -2.28. The molecule has 1 saturated carbocycles. The maximum atomic E-state index is 12.7. The molecule has 6 heteroatoms. The summed E-state index contributed by atoms with van der Waals surface area (Å²) in [6.45, 7) is 2.75. The van der Waals surface area contributed by atoms with Gasteiger partial charge in [-0.25, -0.2) is 0 Å². The van der Waals surface area contributed by atoms with Crippen LogP contribution >= 0.6 is 22.9 Å². The van der Waals surface area contributed by atoms with Gasteiger partial charge in [0.05, 0.1) is 9.21 Å². The second-order valence-electron chi connectivity index (χ2n) is 6.41. The van der Waals surface area contributed by atoms with E-state index in [0.717, 1.165) is 25.8 Å². The van der Waals surface area contributed by atoms with Crippen LogP contribution in [0.4, 0.5) is 0 Å². The first kappa shape index (κ1) is 16.8. The monoisotopic (exact) mass is 354 g/mol. The molecule has 1 aromatic heterocycles. The average Bonchev–Trinajstić information content (AvgIpc) is 2.87. The van der Waals surface area contributed by atoms with Crippen LogP contribution < -0.4 is 0 Å². The van der Waals surface area contributed by atoms with Crippen LogP contribution in [-0.2, 0) is 4.79 Å². The van der Waals surface area contributed by atoms with Gasteiger partial charge in [0, 0.05) is 32.1 Å². The molecule has 3 rings (SSSR count). The minimum Gasteiger partial charge on any atom is -0.341 e. The third-order valence-electron chi connectivity index (χ3n) is 4.83. The number of carbonyl (C=O) groups excluding carboxylic acids is 2. The van der Waals surface area contributed by atoms with Crippen molar-refractivity contribution in [1.29, 1.82) is 0 Å². The fourth-order valence-corrected chi connectivity index (χ4v) is 4.54. The largest absolute Gasteiger partial charge is 0.341 e. The van der Waals surface area contributed by atoms with Crippen molar-refractivity contribution >= 4 is 34.8 Å². The van der Waals surface area contributed by atoms with E-state index < -0.39 is 0 Å². The molecule has 0 aromatic carbocycles. The molecule has 1 aromatic rings. The summed E-state index contributed by atoms with van der Waals surface area (Å²) in [4.78, 5) is 29.7. The van der Waals surface area contributed by atoms with E-state index in [1.807, 2.05) is 9.80 Å². The normalized spacial score (nSPS) is 20.4. The molecule has 0 bridgehead atoms. The Balaban J connectivity index is 1.58. The summed E-state index contributed by atoms with van der Waals surface area (Å²) < 4.78 is 0.636. The summed E-state index contributed by atoms with van der Waals surface area (Å²) in [7, 11) is 0. The Bertz CT molecular complexity index is 569. The van der Waals surface area contributed by atoms with Crippen molar-refractivity contribution in [2.24, 2.45) is 5.92 Å². The number of hydrogen-bond acceptors (Lipinski definition) is 3. The zero-order chi connectivity index (χ0) is 16.2. The average molecular weight is 355 g/mol. The van der Waals surface area contributed by atoms with E-state index >= 15 is 0 Å². The summed E-state index contributed by atoms with van der Waals surface area (Å²) in [5.41, 5.74) is 0. The molecule has 0 radical (unpaired) electrons. The third-order valence-corrected chi connectivity index (χ3v) is 6.05. The molecule has 0 unspecified atom stereocenters. The van der Waals surface area contributed by atoms with Crippen LogP contribution in [0.3, 0.4) is 0 Å². The van der Waals surface area contributed by atoms with Crippen LogP contribution in [0, 0.1) is 5.92 Å². The Labute approximate surface area is 146 Å². The quantitative estimate of drug-likeness (QED) is 0.813. The highest BCUT2D eigenvalue weighted by atomic mass is 35.5. The molecule has 0 spiro atoms. The summed E-state index contributed by atoms with van der Waals surface area (Å²) in [5.74, 6) is 0.550. The topological polar surface area (TPSA) is 40.6 Å². The zero-order valence-electron chi connectivity index (χ0n) is 13.3. The van der Waals surface area contributed by atoms with Gasteiger partial charge in [0.1, 0.15) is 0 Å². The second kappa shape index (κ2) is 7.67. The fraction of sp³-hybridized carbons (Fsp3) is 0.647. The highest BCUT2D eigenvalue weighted by molar-refractivity contribution is 7.17. The molecule has 2 heterocycles. The van der Waals surface area contributed by atoms with E-state index in [2.05, 4.69) is 0 Å². The van der Waals surface area contributed by atoms with E-state index in [-0.39, 0.29) is 11.8 Å². The van der Waals surface area contributed by atoms with Gasteiger partial charge < -0.3 is 9.80 Å². The van der Waals surface area contributed by atoms with Crippen LogP contribution in [-0.4, -0.2) is 47.8 Å². The standard InChI is InChI=1S/C17H23ClN2O2S/c18-15-8-7-14(23-15)17(22)20-10-4-9-19(11-12-20)16(21)13-5-2-1-3-6-13/h7-8,13H,1-6,9-12H2. The van der Waals surface area contributed by atoms with E-state index in [1.54, 1.807) is 12.1 Å². The SMILES string of the molecule is O=C(c1ccc(Cl)s1)N1CCCN(C(=O)C2CCCCC2)CC1. The molecular formula is C17H23ClN2O2S. The predicted octanol–water partition coefficient (Wildman–Crippen LogP) is 3.66. The third kappa shape index (κ3) is 4.07. The van der Waals surface area contributed by atoms with Crippen LogP contribution in [0.5, 0.6) is 0 Å². The molecule has 126 valence electrons. The minimum absolute atomic E-state index is 0.0360. The number of rotatable bonds is 2. The molecule has 2 fully saturated rings. The number of thiophene rings is 1. The maximum absolute atomic E-state index is 12.7. The van der Waals surface area contributed by atoms with Gasteiger partial charge in [0.15, 0.2) is 0 Å². The highest BCUT2D eigenvalue weighted by Gasteiger charge is 2.28. The van der Waals surface area contributed by atoms with Gasteiger partial charge in [0.25, 0.3) is 5.91 Å². The Morgan fingerprint density at radius 2 is 1.65 bits per heavy atom. The van der Waals surface area contributed by atoms with E-state index in [1.165, 1.54) is 30.6 Å². The summed E-state index contributed by atoms with van der Waals surface area (Å²) in [5, 5.41) is 0. The lowest BCUT2D eigenvalue weighted by molar-refractivity contribution is -0.136. The predicted molar refractivity (Wildman–Crippen MR) is 93.0 cm³/mol. The first-order valence-corrected chi connectivity index (χ1v) is 9.68. The van der Waals surface area contributed by atoms with Crippen LogP contribution in [0.25, 0.3) is 0 Å². The molecule has 2 aliphatic rings. The number of nitrogens with zero attached hydrogens (tertiary/aromatic N) is 2. The Morgan fingerprint density at radius 3 is 2.35 bits per heavy atom. The minimum atomic E-state index is 0.0360. The Kier molecular flexibility index (Phi) is 5.59. The smallest absolute Gasteiger partial charge is 0.264 e. The number of carbonyl (C=O) groups is 2. The van der Waals surface area contributed by atoms with Gasteiger partial charge in [-0.1, -0.05) is 30.9 Å². The maximum Gasteiger partial charge on any atom is 0.264 e. The Hall–Kier alpha value is -1.07. The van der Waals surface area contributed by atoms with Crippen molar-refractivity contribution < 1.29 is 9.59 Å². The molecule has 2 amide bonds. The molecule has 1 saturated heterocycles. The van der Waals surface area contributed by atoms with E-state index in [9.17, 15) is 9.59 Å². The summed E-state index contributed by atoms with van der Waals surface area (Å²) in [6, 6.07) is 3.54. The van der Waals surface area contributed by atoms with Crippen molar-refractivity contribution in [3.63, 3.8) is 0 Å². The zero-order valence-corrected chi connectivity index (χ0v) is 14.9. The highest BCUT2D eigenvalue weighted by Crippen LogP contribution is 2.26. The Morgan fingerprint density at radius 1 is 0.957 bits per heavy atom. The molecular weight excluding hydrogens is 332 g/mol.